The van der Waals surface area contributed by atoms with Crippen molar-refractivity contribution in [3.8, 4) is 0 Å². The second kappa shape index (κ2) is 72.5. The van der Waals surface area contributed by atoms with Crippen LogP contribution in [0.5, 0.6) is 0 Å². The second-order valence-electron chi connectivity index (χ2n) is 28.8. The summed E-state index contributed by atoms with van der Waals surface area (Å²) in [6.45, 7) is 4.50. The number of nitrogens with zero attached hydrogens (tertiary/aromatic N) is 1. The molecule has 0 amide bonds. The molecule has 0 fully saturated rings. The van der Waals surface area contributed by atoms with Crippen molar-refractivity contribution in [2.45, 2.75) is 424 Å². The van der Waals surface area contributed by atoms with E-state index in [1.165, 1.54) is 340 Å². The van der Waals surface area contributed by atoms with E-state index in [-0.39, 0.29) is 25.6 Å². The van der Waals surface area contributed by atoms with Gasteiger partial charge in [0.1, 0.15) is 19.8 Å². The average molecular weight is 1300 g/mol. The van der Waals surface area contributed by atoms with E-state index in [0.29, 0.717) is 23.9 Å². The molecule has 0 aliphatic heterocycles. The molecule has 0 aromatic heterocycles. The number of hydrogen-bond donors (Lipinski definition) is 1. The van der Waals surface area contributed by atoms with Crippen LogP contribution in [-0.4, -0.2) is 74.9 Å². The molecular formula is C81H157NO8P+. The Morgan fingerprint density at radius 3 is 0.879 bits per heavy atom. The quantitative estimate of drug-likeness (QED) is 0.0211. The van der Waals surface area contributed by atoms with E-state index < -0.39 is 26.5 Å². The molecule has 2 unspecified atom stereocenters. The van der Waals surface area contributed by atoms with Gasteiger partial charge < -0.3 is 18.9 Å². The predicted octanol–water partition coefficient (Wildman–Crippen LogP) is 26.6. The lowest BCUT2D eigenvalue weighted by Gasteiger charge is -2.24. The van der Waals surface area contributed by atoms with Gasteiger partial charge in [-0.05, 0) is 51.4 Å². The molecule has 0 heterocycles. The van der Waals surface area contributed by atoms with Crippen LogP contribution in [-0.2, 0) is 32.7 Å². The third-order valence-electron chi connectivity index (χ3n) is 18.4. The Morgan fingerprint density at radius 2 is 0.593 bits per heavy atom. The van der Waals surface area contributed by atoms with Crippen molar-refractivity contribution >= 4 is 19.8 Å². The van der Waals surface area contributed by atoms with E-state index in [1.807, 2.05) is 21.1 Å². The molecule has 0 spiro atoms. The SMILES string of the molecule is CCCCCCC/C=C\C/C=C\C/C=C\CCCCCCCCCCCCCCCCCCC(=O)OC(COC(=O)CCCCCCCCCCCCCCCCCCCCCCCCCCCCCCCCCCCCCC)COP(=O)(O)OCC[N+](C)(C)C. The Kier molecular flexibility index (Phi) is 71.1. The van der Waals surface area contributed by atoms with Crippen molar-refractivity contribution in [1.82, 2.24) is 0 Å². The lowest BCUT2D eigenvalue weighted by molar-refractivity contribution is -0.870. The number of rotatable bonds is 76. The molecule has 0 bridgehead atoms. The normalized spacial score (nSPS) is 13.2. The van der Waals surface area contributed by atoms with E-state index in [9.17, 15) is 19.0 Å². The van der Waals surface area contributed by atoms with E-state index in [2.05, 4.69) is 50.3 Å². The highest BCUT2D eigenvalue weighted by atomic mass is 31.2. The van der Waals surface area contributed by atoms with Crippen LogP contribution in [0.3, 0.4) is 0 Å². The number of likely N-dealkylation sites (N-methyl/N-ethyl adjacent to an activating group) is 1. The number of phosphoric acid groups is 1. The van der Waals surface area contributed by atoms with Crippen molar-refractivity contribution in [2.75, 3.05) is 47.5 Å². The standard InChI is InChI=1S/C81H156NO8P/c1-6-8-10-12-14-16-18-20-22-24-26-28-30-32-34-36-38-39-40-41-42-44-45-47-49-51-53-55-57-59-61-63-65-67-69-71-73-80(83)87-77-79(78-89-91(85,86)88-76-75-82(3,4)5)90-81(84)74-72-70-68-66-64-62-60-58-56-54-52-50-48-46-43-37-35-33-31-29-27-25-23-21-19-17-15-13-11-9-7-2/h19,21,25,27,31,33,79H,6-18,20,22-24,26,28-30,32,34-78H2,1-5H3/p+1/b21-19-,27-25-,33-31-. The van der Waals surface area contributed by atoms with Crippen molar-refractivity contribution in [1.29, 1.82) is 0 Å². The van der Waals surface area contributed by atoms with Crippen molar-refractivity contribution in [3.05, 3.63) is 36.5 Å². The van der Waals surface area contributed by atoms with Gasteiger partial charge in [0, 0.05) is 12.8 Å². The van der Waals surface area contributed by atoms with E-state index >= 15 is 0 Å². The fourth-order valence-electron chi connectivity index (χ4n) is 12.3. The Morgan fingerprint density at radius 1 is 0.341 bits per heavy atom. The Bertz CT molecular complexity index is 1630. The predicted molar refractivity (Wildman–Crippen MR) is 395 cm³/mol. The molecule has 0 aromatic rings. The number of carbonyl (C=O) groups excluding carboxylic acids is 2. The van der Waals surface area contributed by atoms with Crippen LogP contribution in [0, 0.1) is 0 Å². The van der Waals surface area contributed by atoms with Crippen LogP contribution in [0.25, 0.3) is 0 Å². The van der Waals surface area contributed by atoms with Gasteiger partial charge in [0.2, 0.25) is 0 Å². The van der Waals surface area contributed by atoms with Gasteiger partial charge in [0.15, 0.2) is 6.10 Å². The average Bonchev–Trinajstić information content (AvgIpc) is 3.30. The van der Waals surface area contributed by atoms with Gasteiger partial charge >= 0.3 is 19.8 Å². The fourth-order valence-corrected chi connectivity index (χ4v) is 13.0. The maximum Gasteiger partial charge on any atom is 0.472 e. The first-order chi connectivity index (χ1) is 44.5. The molecule has 0 radical (unpaired) electrons. The topological polar surface area (TPSA) is 108 Å². The summed E-state index contributed by atoms with van der Waals surface area (Å²) in [6.07, 6.45) is 94.4. The minimum Gasteiger partial charge on any atom is -0.462 e. The molecule has 10 heteroatoms. The summed E-state index contributed by atoms with van der Waals surface area (Å²) < 4.78 is 34.8. The first-order valence-corrected chi connectivity index (χ1v) is 41.7. The Hall–Kier alpha value is -1.77. The van der Waals surface area contributed by atoms with Gasteiger partial charge in [-0.3, -0.25) is 18.6 Å². The lowest BCUT2D eigenvalue weighted by atomic mass is 10.0. The summed E-state index contributed by atoms with van der Waals surface area (Å²) in [4.78, 5) is 36.0. The lowest BCUT2D eigenvalue weighted by Crippen LogP contribution is -2.37. The first kappa shape index (κ1) is 89.2. The van der Waals surface area contributed by atoms with Crippen LogP contribution in [0.4, 0.5) is 0 Å². The molecule has 2 atom stereocenters. The minimum absolute atomic E-state index is 0.0346. The summed E-state index contributed by atoms with van der Waals surface area (Å²) in [7, 11) is 1.50. The monoisotopic (exact) mass is 1300 g/mol. The van der Waals surface area contributed by atoms with Gasteiger partial charge in [-0.1, -0.05) is 391 Å². The van der Waals surface area contributed by atoms with E-state index in [4.69, 9.17) is 18.5 Å². The maximum atomic E-state index is 12.9. The summed E-state index contributed by atoms with van der Waals surface area (Å²) in [5.74, 6) is -0.773. The zero-order valence-electron chi connectivity index (χ0n) is 61.6. The Balaban J connectivity index is 3.91. The molecule has 538 valence electrons. The number of ether oxygens (including phenoxy) is 2. The molecule has 0 aliphatic carbocycles. The van der Waals surface area contributed by atoms with Crippen molar-refractivity contribution in [3.63, 3.8) is 0 Å². The number of allylic oxidation sites excluding steroid dienone is 6. The summed E-state index contributed by atoms with van der Waals surface area (Å²) in [5.41, 5.74) is 0. The summed E-state index contributed by atoms with van der Waals surface area (Å²) in [5, 5.41) is 0. The van der Waals surface area contributed by atoms with Crippen LogP contribution >= 0.6 is 7.82 Å². The first-order valence-electron chi connectivity index (χ1n) is 40.2. The number of phosphoric ester groups is 1. The van der Waals surface area contributed by atoms with Crippen LogP contribution in [0.2, 0.25) is 0 Å². The molecule has 0 saturated heterocycles. The highest BCUT2D eigenvalue weighted by molar-refractivity contribution is 7.47. The third-order valence-corrected chi connectivity index (χ3v) is 19.4. The van der Waals surface area contributed by atoms with Crippen LogP contribution in [0.1, 0.15) is 418 Å². The number of quaternary nitrogens is 1. The van der Waals surface area contributed by atoms with E-state index in [0.717, 1.165) is 44.9 Å². The third kappa shape index (κ3) is 77.1. The van der Waals surface area contributed by atoms with Gasteiger partial charge in [-0.2, -0.15) is 0 Å². The van der Waals surface area contributed by atoms with Crippen molar-refractivity contribution in [2.24, 2.45) is 0 Å². The molecule has 0 aromatic carbocycles. The molecular weight excluding hydrogens is 1150 g/mol. The number of carbonyl (C=O) groups is 2. The van der Waals surface area contributed by atoms with Crippen LogP contribution in [0.15, 0.2) is 36.5 Å². The molecule has 0 rings (SSSR count). The molecule has 0 saturated carbocycles. The molecule has 0 aliphatic rings. The zero-order chi connectivity index (χ0) is 66.2. The second-order valence-corrected chi connectivity index (χ2v) is 30.3. The molecule has 9 nitrogen and oxygen atoms in total. The number of unbranched alkanes of at least 4 members (excludes halogenated alkanes) is 56. The Labute approximate surface area is 567 Å². The number of esters is 2. The largest absolute Gasteiger partial charge is 0.472 e. The van der Waals surface area contributed by atoms with Gasteiger partial charge in [0.25, 0.3) is 0 Å². The van der Waals surface area contributed by atoms with Gasteiger partial charge in [-0.15, -0.1) is 0 Å². The number of hydrogen-bond acceptors (Lipinski definition) is 7. The molecule has 91 heavy (non-hydrogen) atoms. The van der Waals surface area contributed by atoms with Gasteiger partial charge in [0.05, 0.1) is 27.7 Å². The minimum atomic E-state index is -4.39. The maximum absolute atomic E-state index is 12.9. The highest BCUT2D eigenvalue weighted by Crippen LogP contribution is 2.43. The highest BCUT2D eigenvalue weighted by Gasteiger charge is 2.27. The van der Waals surface area contributed by atoms with E-state index in [1.54, 1.807) is 0 Å². The summed E-state index contributed by atoms with van der Waals surface area (Å²) in [6, 6.07) is 0. The van der Waals surface area contributed by atoms with Gasteiger partial charge in [-0.25, -0.2) is 4.57 Å². The van der Waals surface area contributed by atoms with Crippen molar-refractivity contribution < 1.29 is 42.1 Å². The molecule has 1 N–H and O–H groups in total. The smallest absolute Gasteiger partial charge is 0.462 e. The van der Waals surface area contributed by atoms with Crippen LogP contribution < -0.4 is 0 Å². The zero-order valence-corrected chi connectivity index (χ0v) is 62.5. The fraction of sp³-hybridized carbons (Fsp3) is 0.901. The summed E-state index contributed by atoms with van der Waals surface area (Å²) >= 11 is 0.